The lowest BCUT2D eigenvalue weighted by atomic mass is 10.1. The van der Waals surface area contributed by atoms with Crippen LogP contribution in [0.5, 0.6) is 0 Å². The number of primary sulfonamides is 1. The predicted octanol–water partition coefficient (Wildman–Crippen LogP) is 2.22. The topological polar surface area (TPSA) is 84.9 Å². The lowest BCUT2D eigenvalue weighted by Crippen LogP contribution is -2.11. The van der Waals surface area contributed by atoms with Gasteiger partial charge >= 0.3 is 0 Å². The van der Waals surface area contributed by atoms with Crippen LogP contribution in [-0.4, -0.2) is 14.0 Å². The first-order valence-corrected chi connectivity index (χ1v) is 6.29. The van der Waals surface area contributed by atoms with E-state index in [9.17, 15) is 8.42 Å². The van der Waals surface area contributed by atoms with E-state index >= 15 is 0 Å². The summed E-state index contributed by atoms with van der Waals surface area (Å²) in [5.41, 5.74) is 0.348. The highest BCUT2D eigenvalue weighted by Gasteiger charge is 2.08. The van der Waals surface area contributed by atoms with Gasteiger partial charge in [-0.15, -0.1) is 0 Å². The van der Waals surface area contributed by atoms with Crippen LogP contribution in [0, 0.1) is 0 Å². The van der Waals surface area contributed by atoms with E-state index < -0.39 is 10.0 Å². The number of nitrogens with two attached hydrogens (primary N) is 1. The van der Waals surface area contributed by atoms with E-state index in [1.165, 1.54) is 12.1 Å². The zero-order valence-corrected chi connectivity index (χ0v) is 10.3. The second kappa shape index (κ2) is 4.31. The SMILES string of the molecule is CC(C)(C)/N=N/c1ccc(S(N)(=O)=O)cc1. The molecular weight excluding hydrogens is 226 g/mol. The molecule has 2 N–H and O–H groups in total. The van der Waals surface area contributed by atoms with Gasteiger partial charge in [0.25, 0.3) is 0 Å². The molecule has 0 spiro atoms. The minimum Gasteiger partial charge on any atom is -0.225 e. The quantitative estimate of drug-likeness (QED) is 0.805. The van der Waals surface area contributed by atoms with Gasteiger partial charge in [0.2, 0.25) is 10.0 Å². The highest BCUT2D eigenvalue weighted by molar-refractivity contribution is 7.89. The molecule has 0 amide bonds. The van der Waals surface area contributed by atoms with Gasteiger partial charge in [-0.05, 0) is 45.0 Å². The monoisotopic (exact) mass is 241 g/mol. The van der Waals surface area contributed by atoms with Crippen molar-refractivity contribution >= 4 is 15.7 Å². The summed E-state index contributed by atoms with van der Waals surface area (Å²) >= 11 is 0. The van der Waals surface area contributed by atoms with Crippen molar-refractivity contribution in [3.8, 4) is 0 Å². The number of nitrogens with zero attached hydrogens (tertiary/aromatic N) is 2. The molecule has 0 aromatic heterocycles. The van der Waals surface area contributed by atoms with Crippen molar-refractivity contribution in [2.24, 2.45) is 15.4 Å². The Hall–Kier alpha value is -1.27. The van der Waals surface area contributed by atoms with Crippen molar-refractivity contribution in [3.05, 3.63) is 24.3 Å². The Labute approximate surface area is 95.4 Å². The van der Waals surface area contributed by atoms with Crippen LogP contribution in [0.15, 0.2) is 39.4 Å². The third-order valence-corrected chi connectivity index (χ3v) is 2.56. The van der Waals surface area contributed by atoms with Gasteiger partial charge in [0.15, 0.2) is 0 Å². The number of azo groups is 1. The van der Waals surface area contributed by atoms with E-state index in [2.05, 4.69) is 10.2 Å². The molecule has 0 unspecified atom stereocenters. The summed E-state index contributed by atoms with van der Waals surface area (Å²) in [5, 5.41) is 13.0. The average Bonchev–Trinajstić information content (AvgIpc) is 2.13. The fraction of sp³-hybridized carbons (Fsp3) is 0.400. The summed E-state index contributed by atoms with van der Waals surface area (Å²) in [6, 6.07) is 5.95. The smallest absolute Gasteiger partial charge is 0.225 e. The van der Waals surface area contributed by atoms with Gasteiger partial charge in [-0.1, -0.05) is 0 Å². The first-order valence-electron chi connectivity index (χ1n) is 4.74. The predicted molar refractivity (Wildman–Crippen MR) is 62.1 cm³/mol. The normalized spacial score (nSPS) is 13.2. The Morgan fingerprint density at radius 2 is 1.62 bits per heavy atom. The maximum Gasteiger partial charge on any atom is 0.238 e. The van der Waals surface area contributed by atoms with Gasteiger partial charge in [-0.2, -0.15) is 10.2 Å². The summed E-state index contributed by atoms with van der Waals surface area (Å²) < 4.78 is 22.0. The fourth-order valence-corrected chi connectivity index (χ4v) is 1.43. The molecule has 0 aliphatic rings. The van der Waals surface area contributed by atoms with E-state index in [0.717, 1.165) is 0 Å². The van der Waals surface area contributed by atoms with E-state index in [1.807, 2.05) is 20.8 Å². The summed E-state index contributed by atoms with van der Waals surface area (Å²) in [6.07, 6.45) is 0. The van der Waals surface area contributed by atoms with Crippen molar-refractivity contribution in [3.63, 3.8) is 0 Å². The Morgan fingerprint density at radius 3 is 2.00 bits per heavy atom. The summed E-state index contributed by atoms with van der Waals surface area (Å²) in [5.74, 6) is 0. The maximum absolute atomic E-state index is 11.0. The van der Waals surface area contributed by atoms with Crippen molar-refractivity contribution in [2.45, 2.75) is 31.2 Å². The lowest BCUT2D eigenvalue weighted by molar-refractivity contribution is 0.552. The van der Waals surface area contributed by atoms with Crippen molar-refractivity contribution < 1.29 is 8.42 Å². The van der Waals surface area contributed by atoms with Crippen molar-refractivity contribution in [1.29, 1.82) is 0 Å². The van der Waals surface area contributed by atoms with Gasteiger partial charge in [-0.25, -0.2) is 13.6 Å². The Bertz CT molecular complexity index is 484. The molecule has 6 heteroatoms. The van der Waals surface area contributed by atoms with E-state index in [4.69, 9.17) is 5.14 Å². The van der Waals surface area contributed by atoms with Crippen LogP contribution in [0.1, 0.15) is 20.8 Å². The zero-order valence-electron chi connectivity index (χ0n) is 9.51. The van der Waals surface area contributed by atoms with Crippen molar-refractivity contribution in [1.82, 2.24) is 0 Å². The number of hydrogen-bond donors (Lipinski definition) is 1. The summed E-state index contributed by atoms with van der Waals surface area (Å²) in [6.45, 7) is 5.78. The van der Waals surface area contributed by atoms with Crippen LogP contribution in [0.4, 0.5) is 5.69 Å². The first-order chi connectivity index (χ1) is 7.18. The Kier molecular flexibility index (Phi) is 3.44. The average molecular weight is 241 g/mol. The second-order valence-corrected chi connectivity index (χ2v) is 5.97. The summed E-state index contributed by atoms with van der Waals surface area (Å²) in [4.78, 5) is 0.0715. The summed E-state index contributed by atoms with van der Waals surface area (Å²) in [7, 11) is -3.64. The highest BCUT2D eigenvalue weighted by Crippen LogP contribution is 2.18. The molecule has 0 aliphatic heterocycles. The molecule has 0 fully saturated rings. The molecule has 0 saturated carbocycles. The first kappa shape index (κ1) is 12.8. The fourth-order valence-electron chi connectivity index (χ4n) is 0.910. The number of hydrogen-bond acceptors (Lipinski definition) is 4. The minimum atomic E-state index is -3.64. The molecule has 0 heterocycles. The molecule has 0 aliphatic carbocycles. The van der Waals surface area contributed by atoms with E-state index in [1.54, 1.807) is 12.1 Å². The van der Waals surface area contributed by atoms with Crippen LogP contribution >= 0.6 is 0 Å². The standard InChI is InChI=1S/C10H15N3O2S/c1-10(2,3)13-12-8-4-6-9(7-5-8)16(11,14)15/h4-7H,1-3H3,(H2,11,14,15)/b13-12+. The zero-order chi connectivity index (χ0) is 12.4. The molecule has 1 aromatic carbocycles. The molecular formula is C10H15N3O2S. The van der Waals surface area contributed by atoms with Crippen LogP contribution in [-0.2, 0) is 10.0 Å². The van der Waals surface area contributed by atoms with Gasteiger partial charge in [0.05, 0.1) is 16.1 Å². The third kappa shape index (κ3) is 4.08. The van der Waals surface area contributed by atoms with Crippen LogP contribution in [0.25, 0.3) is 0 Å². The molecule has 0 bridgehead atoms. The van der Waals surface area contributed by atoms with Gasteiger partial charge in [0.1, 0.15) is 0 Å². The molecule has 0 radical (unpaired) electrons. The largest absolute Gasteiger partial charge is 0.238 e. The van der Waals surface area contributed by atoms with E-state index in [0.29, 0.717) is 5.69 Å². The Balaban J connectivity index is 2.93. The second-order valence-electron chi connectivity index (χ2n) is 4.41. The van der Waals surface area contributed by atoms with Crippen LogP contribution < -0.4 is 5.14 Å². The highest BCUT2D eigenvalue weighted by atomic mass is 32.2. The molecule has 1 rings (SSSR count). The minimum absolute atomic E-state index is 0.0715. The third-order valence-electron chi connectivity index (χ3n) is 1.63. The molecule has 1 aromatic rings. The lowest BCUT2D eigenvalue weighted by Gasteiger charge is -2.08. The van der Waals surface area contributed by atoms with Crippen LogP contribution in [0.3, 0.4) is 0 Å². The van der Waals surface area contributed by atoms with Gasteiger partial charge < -0.3 is 0 Å². The number of benzene rings is 1. The van der Waals surface area contributed by atoms with Gasteiger partial charge in [0, 0.05) is 0 Å². The molecule has 16 heavy (non-hydrogen) atoms. The molecule has 5 nitrogen and oxygen atoms in total. The molecule has 0 saturated heterocycles. The number of rotatable bonds is 2. The maximum atomic E-state index is 11.0. The van der Waals surface area contributed by atoms with Crippen molar-refractivity contribution in [2.75, 3.05) is 0 Å². The van der Waals surface area contributed by atoms with Gasteiger partial charge in [-0.3, -0.25) is 0 Å². The van der Waals surface area contributed by atoms with Crippen LogP contribution in [0.2, 0.25) is 0 Å². The Morgan fingerprint density at radius 1 is 1.12 bits per heavy atom. The molecule has 0 atom stereocenters. The van der Waals surface area contributed by atoms with E-state index in [-0.39, 0.29) is 10.4 Å². The molecule has 88 valence electrons. The number of sulfonamides is 1.